The van der Waals surface area contributed by atoms with E-state index >= 15 is 0 Å². The van der Waals surface area contributed by atoms with Crippen LogP contribution in [-0.2, 0) is 6.42 Å². The summed E-state index contributed by atoms with van der Waals surface area (Å²) in [5, 5.41) is 2.12. The van der Waals surface area contributed by atoms with Crippen LogP contribution < -0.4 is 0 Å². The van der Waals surface area contributed by atoms with Crippen molar-refractivity contribution in [3.8, 4) is 0 Å². The standard InChI is InChI=1S/C15H15NOS/c1-11-13-8-10-18-14(13)7-9-16(11)15(17)12-5-3-2-4-6-12/h2-6,8,10-11H,7,9H2,1H3/t11-/m1/s1. The summed E-state index contributed by atoms with van der Waals surface area (Å²) in [5.41, 5.74) is 2.10. The molecule has 2 aromatic rings. The Kier molecular flexibility index (Phi) is 2.92. The Hall–Kier alpha value is -1.61. The first-order chi connectivity index (χ1) is 8.77. The lowest BCUT2D eigenvalue weighted by Gasteiger charge is -2.33. The summed E-state index contributed by atoms with van der Waals surface area (Å²) in [7, 11) is 0. The van der Waals surface area contributed by atoms with Gasteiger partial charge in [0.05, 0.1) is 6.04 Å². The molecule has 1 amide bonds. The van der Waals surface area contributed by atoms with E-state index in [0.29, 0.717) is 0 Å². The lowest BCUT2D eigenvalue weighted by molar-refractivity contribution is 0.0679. The number of thiophene rings is 1. The van der Waals surface area contributed by atoms with Crippen LogP contribution in [0.3, 0.4) is 0 Å². The molecular formula is C15H15NOS. The molecule has 0 fully saturated rings. The highest BCUT2D eigenvalue weighted by Gasteiger charge is 2.28. The molecule has 3 heteroatoms. The Morgan fingerprint density at radius 1 is 1.28 bits per heavy atom. The van der Waals surface area contributed by atoms with Gasteiger partial charge in [-0.2, -0.15) is 0 Å². The Balaban J connectivity index is 1.89. The summed E-state index contributed by atoms with van der Waals surface area (Å²) < 4.78 is 0. The fraction of sp³-hybridized carbons (Fsp3) is 0.267. The zero-order valence-corrected chi connectivity index (χ0v) is 11.1. The number of amides is 1. The molecule has 0 radical (unpaired) electrons. The third-order valence-electron chi connectivity index (χ3n) is 3.56. The van der Waals surface area contributed by atoms with Gasteiger partial charge in [-0.25, -0.2) is 0 Å². The molecule has 2 nitrogen and oxygen atoms in total. The lowest BCUT2D eigenvalue weighted by atomic mass is 10.0. The average molecular weight is 257 g/mol. The van der Waals surface area contributed by atoms with Crippen LogP contribution in [-0.4, -0.2) is 17.4 Å². The molecule has 1 aromatic carbocycles. The molecule has 18 heavy (non-hydrogen) atoms. The van der Waals surface area contributed by atoms with E-state index in [1.165, 1.54) is 10.4 Å². The van der Waals surface area contributed by atoms with E-state index in [9.17, 15) is 4.79 Å². The number of nitrogens with zero attached hydrogens (tertiary/aromatic N) is 1. The summed E-state index contributed by atoms with van der Waals surface area (Å²) in [6.07, 6.45) is 0.982. The maximum absolute atomic E-state index is 12.5. The van der Waals surface area contributed by atoms with Crippen molar-refractivity contribution in [3.63, 3.8) is 0 Å². The number of fused-ring (bicyclic) bond motifs is 1. The van der Waals surface area contributed by atoms with E-state index in [-0.39, 0.29) is 11.9 Å². The van der Waals surface area contributed by atoms with Crippen molar-refractivity contribution in [2.75, 3.05) is 6.54 Å². The topological polar surface area (TPSA) is 20.3 Å². The number of rotatable bonds is 1. The maximum atomic E-state index is 12.5. The van der Waals surface area contributed by atoms with Crippen LogP contribution in [0.5, 0.6) is 0 Å². The Bertz CT molecular complexity index is 561. The number of carbonyl (C=O) groups excluding carboxylic acids is 1. The summed E-state index contributed by atoms with van der Waals surface area (Å²) in [6, 6.07) is 11.9. The summed E-state index contributed by atoms with van der Waals surface area (Å²) in [4.78, 5) is 15.9. The predicted molar refractivity (Wildman–Crippen MR) is 73.9 cm³/mol. The van der Waals surface area contributed by atoms with Crippen LogP contribution in [0.25, 0.3) is 0 Å². The van der Waals surface area contributed by atoms with Crippen molar-refractivity contribution < 1.29 is 4.79 Å². The SMILES string of the molecule is C[C@@H]1c2ccsc2CCN1C(=O)c1ccccc1. The van der Waals surface area contributed by atoms with Gasteiger partial charge in [-0.15, -0.1) is 11.3 Å². The van der Waals surface area contributed by atoms with E-state index in [1.807, 2.05) is 35.2 Å². The quantitative estimate of drug-likeness (QED) is 0.765. The number of carbonyl (C=O) groups is 1. The third-order valence-corrected chi connectivity index (χ3v) is 4.56. The minimum Gasteiger partial charge on any atom is -0.331 e. The molecule has 0 aliphatic carbocycles. The second-order valence-corrected chi connectivity index (χ2v) is 5.59. The molecule has 1 aliphatic rings. The van der Waals surface area contributed by atoms with Gasteiger partial charge in [-0.05, 0) is 42.5 Å². The second-order valence-electron chi connectivity index (χ2n) is 4.59. The van der Waals surface area contributed by atoms with E-state index in [1.54, 1.807) is 11.3 Å². The highest BCUT2D eigenvalue weighted by Crippen LogP contribution is 2.33. The zero-order chi connectivity index (χ0) is 12.5. The largest absolute Gasteiger partial charge is 0.331 e. The number of hydrogen-bond donors (Lipinski definition) is 0. The monoisotopic (exact) mass is 257 g/mol. The zero-order valence-electron chi connectivity index (χ0n) is 10.3. The van der Waals surface area contributed by atoms with Crippen LogP contribution in [0.4, 0.5) is 0 Å². The minimum absolute atomic E-state index is 0.139. The van der Waals surface area contributed by atoms with Gasteiger partial charge in [-0.1, -0.05) is 18.2 Å². The fourth-order valence-electron chi connectivity index (χ4n) is 2.53. The van der Waals surface area contributed by atoms with Crippen molar-refractivity contribution in [2.45, 2.75) is 19.4 Å². The molecule has 0 saturated carbocycles. The molecule has 92 valence electrons. The molecule has 0 saturated heterocycles. The van der Waals surface area contributed by atoms with Gasteiger partial charge in [0.2, 0.25) is 0 Å². The normalized spacial score (nSPS) is 18.5. The third kappa shape index (κ3) is 1.85. The Morgan fingerprint density at radius 3 is 2.83 bits per heavy atom. The highest BCUT2D eigenvalue weighted by atomic mass is 32.1. The summed E-state index contributed by atoms with van der Waals surface area (Å²) in [6.45, 7) is 2.94. The molecular weight excluding hydrogens is 242 g/mol. The molecule has 3 rings (SSSR count). The van der Waals surface area contributed by atoms with Crippen LogP contribution >= 0.6 is 11.3 Å². The molecule has 1 aromatic heterocycles. The smallest absolute Gasteiger partial charge is 0.254 e. The van der Waals surface area contributed by atoms with Crippen molar-refractivity contribution in [1.82, 2.24) is 4.90 Å². The van der Waals surface area contributed by atoms with Crippen LogP contribution in [0, 0.1) is 0 Å². The summed E-state index contributed by atoms with van der Waals surface area (Å²) >= 11 is 1.80. The Morgan fingerprint density at radius 2 is 2.06 bits per heavy atom. The first-order valence-electron chi connectivity index (χ1n) is 6.19. The molecule has 2 heterocycles. The minimum atomic E-state index is 0.139. The number of hydrogen-bond acceptors (Lipinski definition) is 2. The van der Waals surface area contributed by atoms with E-state index in [0.717, 1.165) is 18.5 Å². The second kappa shape index (κ2) is 4.58. The van der Waals surface area contributed by atoms with Gasteiger partial charge >= 0.3 is 0 Å². The predicted octanol–water partition coefficient (Wildman–Crippen LogP) is 3.51. The van der Waals surface area contributed by atoms with Crippen molar-refractivity contribution in [3.05, 3.63) is 57.8 Å². The molecule has 0 bridgehead atoms. The van der Waals surface area contributed by atoms with Crippen molar-refractivity contribution in [2.24, 2.45) is 0 Å². The first kappa shape index (κ1) is 11.5. The lowest BCUT2D eigenvalue weighted by Crippen LogP contribution is -2.38. The van der Waals surface area contributed by atoms with Gasteiger partial charge in [0.15, 0.2) is 0 Å². The summed E-state index contributed by atoms with van der Waals surface area (Å²) in [5.74, 6) is 0.139. The molecule has 1 aliphatic heterocycles. The van der Waals surface area contributed by atoms with Crippen LogP contribution in [0.1, 0.15) is 33.8 Å². The van der Waals surface area contributed by atoms with Crippen LogP contribution in [0.15, 0.2) is 41.8 Å². The van der Waals surface area contributed by atoms with Gasteiger partial charge in [-0.3, -0.25) is 4.79 Å². The van der Waals surface area contributed by atoms with E-state index in [4.69, 9.17) is 0 Å². The van der Waals surface area contributed by atoms with Gasteiger partial charge < -0.3 is 4.90 Å². The first-order valence-corrected chi connectivity index (χ1v) is 7.07. The van der Waals surface area contributed by atoms with Gasteiger partial charge in [0, 0.05) is 17.0 Å². The molecule has 0 N–H and O–H groups in total. The maximum Gasteiger partial charge on any atom is 0.254 e. The van der Waals surface area contributed by atoms with Crippen molar-refractivity contribution >= 4 is 17.2 Å². The van der Waals surface area contributed by atoms with E-state index in [2.05, 4.69) is 18.4 Å². The molecule has 0 unspecified atom stereocenters. The van der Waals surface area contributed by atoms with Gasteiger partial charge in [0.1, 0.15) is 0 Å². The Labute approximate surface area is 111 Å². The van der Waals surface area contributed by atoms with Crippen molar-refractivity contribution in [1.29, 1.82) is 0 Å². The van der Waals surface area contributed by atoms with E-state index < -0.39 is 0 Å². The highest BCUT2D eigenvalue weighted by molar-refractivity contribution is 7.10. The average Bonchev–Trinajstić information content (AvgIpc) is 2.89. The fourth-order valence-corrected chi connectivity index (χ4v) is 3.50. The molecule has 0 spiro atoms. The van der Waals surface area contributed by atoms with Crippen LogP contribution in [0.2, 0.25) is 0 Å². The number of benzene rings is 1. The molecule has 1 atom stereocenters. The van der Waals surface area contributed by atoms with Gasteiger partial charge in [0.25, 0.3) is 5.91 Å².